The van der Waals surface area contributed by atoms with Crippen LogP contribution in [0.1, 0.15) is 24.9 Å². The normalized spacial score (nSPS) is 10.7. The van der Waals surface area contributed by atoms with Crippen LogP contribution in [0.3, 0.4) is 0 Å². The van der Waals surface area contributed by atoms with Gasteiger partial charge in [0.15, 0.2) is 0 Å². The zero-order valence-electron chi connectivity index (χ0n) is 12.0. The van der Waals surface area contributed by atoms with E-state index in [0.29, 0.717) is 0 Å². The van der Waals surface area contributed by atoms with E-state index in [4.69, 9.17) is 4.98 Å². The summed E-state index contributed by atoms with van der Waals surface area (Å²) in [6, 6.07) is 8.32. The van der Waals surface area contributed by atoms with Crippen LogP contribution >= 0.6 is 50.3 Å². The van der Waals surface area contributed by atoms with Gasteiger partial charge in [-0.15, -0.1) is 11.8 Å². The molecule has 0 aliphatic carbocycles. The number of benzene rings is 1. The van der Waals surface area contributed by atoms with Crippen LogP contribution in [0.25, 0.3) is 0 Å². The van der Waals surface area contributed by atoms with Crippen LogP contribution in [0.15, 0.2) is 33.6 Å². The van der Waals surface area contributed by atoms with Crippen molar-refractivity contribution in [1.29, 1.82) is 0 Å². The van der Waals surface area contributed by atoms with Crippen molar-refractivity contribution in [1.82, 2.24) is 9.97 Å². The van der Waals surface area contributed by atoms with Gasteiger partial charge in [0, 0.05) is 16.4 Å². The Kier molecular flexibility index (Phi) is 6.75. The Bertz CT molecular complexity index is 605. The third-order valence-corrected chi connectivity index (χ3v) is 5.54. The van der Waals surface area contributed by atoms with Crippen LogP contribution in [0.5, 0.6) is 0 Å². The molecular weight excluding hydrogens is 461 g/mol. The third-order valence-electron chi connectivity index (χ3n) is 2.87. The van der Waals surface area contributed by atoms with Crippen LogP contribution in [0.4, 0.5) is 5.82 Å². The molecule has 0 fully saturated rings. The molecule has 1 aromatic carbocycles. The highest BCUT2D eigenvalue weighted by molar-refractivity contribution is 14.1. The van der Waals surface area contributed by atoms with Crippen molar-refractivity contribution in [2.24, 2.45) is 0 Å². The molecule has 6 heteroatoms. The fraction of sp³-hybridized carbons (Fsp3) is 0.333. The molecule has 0 bridgehead atoms. The lowest BCUT2D eigenvalue weighted by Crippen LogP contribution is -2.07. The van der Waals surface area contributed by atoms with Gasteiger partial charge in [-0.3, -0.25) is 0 Å². The van der Waals surface area contributed by atoms with Gasteiger partial charge < -0.3 is 5.32 Å². The van der Waals surface area contributed by atoms with E-state index in [2.05, 4.69) is 80.0 Å². The molecule has 0 radical (unpaired) electrons. The standard InChI is InChI=1S/C15H17BrIN3S/c1-3-4-12-14(17)15(18-2)20-13(19-12)9-21-11-7-5-10(16)6-8-11/h5-8H,3-4,9H2,1-2H3,(H,18,19,20). The molecule has 0 unspecified atom stereocenters. The van der Waals surface area contributed by atoms with Crippen molar-refractivity contribution in [2.45, 2.75) is 30.4 Å². The van der Waals surface area contributed by atoms with Gasteiger partial charge in [-0.2, -0.15) is 0 Å². The van der Waals surface area contributed by atoms with E-state index in [9.17, 15) is 0 Å². The maximum absolute atomic E-state index is 4.71. The molecule has 3 nitrogen and oxygen atoms in total. The van der Waals surface area contributed by atoms with Gasteiger partial charge in [0.1, 0.15) is 11.6 Å². The van der Waals surface area contributed by atoms with Crippen molar-refractivity contribution < 1.29 is 0 Å². The molecule has 0 aliphatic heterocycles. The number of nitrogens with one attached hydrogen (secondary N) is 1. The van der Waals surface area contributed by atoms with Crippen molar-refractivity contribution in [3.05, 3.63) is 43.8 Å². The van der Waals surface area contributed by atoms with Crippen LogP contribution in [-0.4, -0.2) is 17.0 Å². The quantitative estimate of drug-likeness (QED) is 0.462. The van der Waals surface area contributed by atoms with Gasteiger partial charge in [0.05, 0.1) is 15.0 Å². The van der Waals surface area contributed by atoms with Gasteiger partial charge >= 0.3 is 0 Å². The molecule has 1 N–H and O–H groups in total. The van der Waals surface area contributed by atoms with E-state index in [1.807, 2.05) is 7.05 Å². The highest BCUT2D eigenvalue weighted by Gasteiger charge is 2.11. The fourth-order valence-electron chi connectivity index (χ4n) is 1.86. The van der Waals surface area contributed by atoms with E-state index in [-0.39, 0.29) is 0 Å². The first-order chi connectivity index (χ1) is 10.1. The van der Waals surface area contributed by atoms with Gasteiger partial charge in [0.2, 0.25) is 0 Å². The molecule has 2 aromatic rings. The minimum Gasteiger partial charge on any atom is -0.372 e. The molecule has 2 rings (SSSR count). The minimum absolute atomic E-state index is 0.782. The Labute approximate surface area is 152 Å². The number of halogens is 2. The molecule has 1 heterocycles. The first kappa shape index (κ1) is 17.0. The third kappa shape index (κ3) is 4.82. The van der Waals surface area contributed by atoms with Crippen molar-refractivity contribution >= 4 is 56.1 Å². The summed E-state index contributed by atoms with van der Waals surface area (Å²) >= 11 is 7.54. The molecule has 1 aromatic heterocycles. The van der Waals surface area contributed by atoms with Crippen molar-refractivity contribution in [2.75, 3.05) is 12.4 Å². The monoisotopic (exact) mass is 477 g/mol. The second-order valence-electron chi connectivity index (χ2n) is 4.49. The molecule has 0 spiro atoms. The SMILES string of the molecule is CCCc1nc(CSc2ccc(Br)cc2)nc(NC)c1I. The van der Waals surface area contributed by atoms with Gasteiger partial charge in [-0.1, -0.05) is 29.3 Å². The summed E-state index contributed by atoms with van der Waals surface area (Å²) in [6.07, 6.45) is 2.08. The van der Waals surface area contributed by atoms with E-state index >= 15 is 0 Å². The average molecular weight is 478 g/mol. The lowest BCUT2D eigenvalue weighted by molar-refractivity contribution is 0.846. The first-order valence-electron chi connectivity index (χ1n) is 6.75. The van der Waals surface area contributed by atoms with E-state index < -0.39 is 0 Å². The molecule has 0 aliphatic rings. The number of thioether (sulfide) groups is 1. The van der Waals surface area contributed by atoms with Gasteiger partial charge in [0.25, 0.3) is 0 Å². The lowest BCUT2D eigenvalue weighted by Gasteiger charge is -2.10. The molecule has 0 amide bonds. The van der Waals surface area contributed by atoms with Crippen molar-refractivity contribution in [3.8, 4) is 0 Å². The second kappa shape index (κ2) is 8.33. The van der Waals surface area contributed by atoms with E-state index in [0.717, 1.165) is 44.0 Å². The smallest absolute Gasteiger partial charge is 0.143 e. The van der Waals surface area contributed by atoms with Crippen LogP contribution in [-0.2, 0) is 12.2 Å². The first-order valence-corrected chi connectivity index (χ1v) is 9.61. The summed E-state index contributed by atoms with van der Waals surface area (Å²) in [6.45, 7) is 2.17. The number of hydrogen-bond acceptors (Lipinski definition) is 4. The summed E-state index contributed by atoms with van der Waals surface area (Å²) in [7, 11) is 1.91. The van der Waals surface area contributed by atoms with Gasteiger partial charge in [-0.05, 0) is 53.3 Å². The number of hydrogen-bond donors (Lipinski definition) is 1. The number of rotatable bonds is 6. The lowest BCUT2D eigenvalue weighted by atomic mass is 10.2. The topological polar surface area (TPSA) is 37.8 Å². The Morgan fingerprint density at radius 2 is 1.95 bits per heavy atom. The summed E-state index contributed by atoms with van der Waals surface area (Å²) in [4.78, 5) is 10.5. The maximum atomic E-state index is 4.71. The molecule has 112 valence electrons. The van der Waals surface area contributed by atoms with E-state index in [1.165, 1.54) is 4.90 Å². The van der Waals surface area contributed by atoms with Crippen molar-refractivity contribution in [3.63, 3.8) is 0 Å². The average Bonchev–Trinajstić information content (AvgIpc) is 2.49. The highest BCUT2D eigenvalue weighted by Crippen LogP contribution is 2.26. The molecule has 21 heavy (non-hydrogen) atoms. The summed E-state index contributed by atoms with van der Waals surface area (Å²) in [5.41, 5.74) is 1.14. The van der Waals surface area contributed by atoms with Crippen LogP contribution < -0.4 is 5.32 Å². The fourth-order valence-corrected chi connectivity index (χ4v) is 3.65. The number of nitrogens with zero attached hydrogens (tertiary/aromatic N) is 2. The van der Waals surface area contributed by atoms with Gasteiger partial charge in [-0.25, -0.2) is 9.97 Å². The molecule has 0 saturated carbocycles. The summed E-state index contributed by atoms with van der Waals surface area (Å²) in [5, 5.41) is 3.17. The number of anilines is 1. The maximum Gasteiger partial charge on any atom is 0.143 e. The molecule has 0 saturated heterocycles. The Morgan fingerprint density at radius 3 is 2.57 bits per heavy atom. The predicted molar refractivity (Wildman–Crippen MR) is 102 cm³/mol. The number of aromatic nitrogens is 2. The Morgan fingerprint density at radius 1 is 1.24 bits per heavy atom. The Balaban J connectivity index is 2.15. The van der Waals surface area contributed by atoms with Crippen LogP contribution in [0.2, 0.25) is 0 Å². The predicted octanol–water partition coefficient (Wildman–Crippen LogP) is 5.13. The Hall–Kier alpha value is -0.340. The van der Waals surface area contributed by atoms with E-state index in [1.54, 1.807) is 11.8 Å². The zero-order valence-corrected chi connectivity index (χ0v) is 16.5. The highest BCUT2D eigenvalue weighted by atomic mass is 127. The summed E-state index contributed by atoms with van der Waals surface area (Å²) in [5.74, 6) is 2.60. The zero-order chi connectivity index (χ0) is 15.2. The summed E-state index contributed by atoms with van der Waals surface area (Å²) < 4.78 is 2.23. The molecule has 0 atom stereocenters. The largest absolute Gasteiger partial charge is 0.372 e. The minimum atomic E-state index is 0.782. The van der Waals surface area contributed by atoms with Crippen LogP contribution in [0, 0.1) is 3.57 Å². The number of aryl methyl sites for hydroxylation is 1. The molecular formula is C15H17BrIN3S. The second-order valence-corrected chi connectivity index (χ2v) is 7.53.